The van der Waals surface area contributed by atoms with Crippen LogP contribution in [0.3, 0.4) is 0 Å². The minimum absolute atomic E-state index is 0.522. The van der Waals surface area contributed by atoms with E-state index in [4.69, 9.17) is 4.52 Å². The molecule has 0 saturated carbocycles. The van der Waals surface area contributed by atoms with Crippen molar-refractivity contribution in [3.05, 3.63) is 53.7 Å². The van der Waals surface area contributed by atoms with Gasteiger partial charge in [-0.3, -0.25) is 4.40 Å². The van der Waals surface area contributed by atoms with Crippen LogP contribution in [0.1, 0.15) is 17.3 Å². The minimum Gasteiger partial charge on any atom is -0.338 e. The van der Waals surface area contributed by atoms with Crippen molar-refractivity contribution < 1.29 is 4.52 Å². The minimum atomic E-state index is 0.522. The van der Waals surface area contributed by atoms with E-state index in [9.17, 15) is 0 Å². The molecule has 0 aliphatic carbocycles. The van der Waals surface area contributed by atoms with Gasteiger partial charge in [-0.05, 0) is 19.9 Å². The molecule has 0 aliphatic heterocycles. The lowest BCUT2D eigenvalue weighted by molar-refractivity contribution is 0.391. The first-order valence-corrected chi connectivity index (χ1v) is 8.39. The van der Waals surface area contributed by atoms with Gasteiger partial charge in [0.2, 0.25) is 11.7 Å². The SMILES string of the molecule is Cc1cc(C)n2c(SCc3nc(-c4ccccc4)no3)nnc2n1. The number of hydrogen-bond donors (Lipinski definition) is 0. The van der Waals surface area contributed by atoms with Crippen LogP contribution in [0.15, 0.2) is 46.1 Å². The average Bonchev–Trinajstić information content (AvgIpc) is 3.20. The van der Waals surface area contributed by atoms with Crippen LogP contribution in [-0.2, 0) is 5.75 Å². The number of aryl methyl sites for hydroxylation is 2. The highest BCUT2D eigenvalue weighted by molar-refractivity contribution is 7.98. The number of benzene rings is 1. The zero-order chi connectivity index (χ0) is 16.5. The average molecular weight is 338 g/mol. The molecule has 0 unspecified atom stereocenters. The number of rotatable bonds is 4. The maximum Gasteiger partial charge on any atom is 0.256 e. The molecule has 0 atom stereocenters. The highest BCUT2D eigenvalue weighted by Gasteiger charge is 2.13. The Balaban J connectivity index is 1.55. The Hall–Kier alpha value is -2.74. The van der Waals surface area contributed by atoms with E-state index in [1.165, 1.54) is 11.8 Å². The van der Waals surface area contributed by atoms with Crippen LogP contribution in [0.5, 0.6) is 0 Å². The molecule has 4 rings (SSSR count). The maximum absolute atomic E-state index is 5.32. The summed E-state index contributed by atoms with van der Waals surface area (Å²) in [7, 11) is 0. The maximum atomic E-state index is 5.32. The van der Waals surface area contributed by atoms with Gasteiger partial charge in [0, 0.05) is 17.0 Å². The smallest absolute Gasteiger partial charge is 0.256 e. The predicted octanol–water partition coefficient (Wildman–Crippen LogP) is 3.08. The summed E-state index contributed by atoms with van der Waals surface area (Å²) >= 11 is 1.49. The van der Waals surface area contributed by atoms with Crippen LogP contribution in [-0.4, -0.2) is 29.7 Å². The molecule has 0 saturated heterocycles. The fourth-order valence-corrected chi connectivity index (χ4v) is 3.26. The number of thioether (sulfide) groups is 1. The van der Waals surface area contributed by atoms with Gasteiger partial charge in [-0.1, -0.05) is 47.3 Å². The molecule has 0 bridgehead atoms. The molecule has 3 aromatic heterocycles. The fourth-order valence-electron chi connectivity index (χ4n) is 2.44. The van der Waals surface area contributed by atoms with Gasteiger partial charge in [-0.2, -0.15) is 4.98 Å². The van der Waals surface area contributed by atoms with Crippen LogP contribution in [0.25, 0.3) is 17.2 Å². The van der Waals surface area contributed by atoms with E-state index < -0.39 is 0 Å². The van der Waals surface area contributed by atoms with Gasteiger partial charge in [0.1, 0.15) is 0 Å². The van der Waals surface area contributed by atoms with Crippen molar-refractivity contribution in [1.29, 1.82) is 0 Å². The molecule has 24 heavy (non-hydrogen) atoms. The molecule has 7 nitrogen and oxygen atoms in total. The van der Waals surface area contributed by atoms with E-state index >= 15 is 0 Å². The summed E-state index contributed by atoms with van der Waals surface area (Å²) < 4.78 is 7.25. The van der Waals surface area contributed by atoms with Crippen molar-refractivity contribution in [1.82, 2.24) is 29.7 Å². The Morgan fingerprint density at radius 1 is 1.08 bits per heavy atom. The molecule has 0 aliphatic rings. The first kappa shape index (κ1) is 14.8. The van der Waals surface area contributed by atoms with Crippen molar-refractivity contribution >= 4 is 17.5 Å². The summed E-state index contributed by atoms with van der Waals surface area (Å²) in [5.74, 6) is 2.26. The van der Waals surface area contributed by atoms with Gasteiger partial charge >= 0.3 is 0 Å². The van der Waals surface area contributed by atoms with Gasteiger partial charge in [-0.15, -0.1) is 10.2 Å². The lowest BCUT2D eigenvalue weighted by atomic mass is 10.2. The van der Waals surface area contributed by atoms with E-state index in [0.29, 0.717) is 23.2 Å². The quantitative estimate of drug-likeness (QED) is 0.529. The Morgan fingerprint density at radius 2 is 1.92 bits per heavy atom. The van der Waals surface area contributed by atoms with Gasteiger partial charge in [0.05, 0.1) is 5.75 Å². The lowest BCUT2D eigenvalue weighted by Crippen LogP contribution is -1.97. The highest BCUT2D eigenvalue weighted by atomic mass is 32.2. The standard InChI is InChI=1S/C16H14N6OS/c1-10-8-11(2)22-15(17-10)19-20-16(22)24-9-13-18-14(21-23-13)12-6-4-3-5-7-12/h3-8H,9H2,1-2H3. The summed E-state index contributed by atoms with van der Waals surface area (Å²) in [5, 5.41) is 13.1. The topological polar surface area (TPSA) is 82.0 Å². The predicted molar refractivity (Wildman–Crippen MR) is 89.6 cm³/mol. The van der Waals surface area contributed by atoms with Gasteiger partial charge in [0.15, 0.2) is 5.16 Å². The Kier molecular flexibility index (Phi) is 3.73. The van der Waals surface area contributed by atoms with Gasteiger partial charge < -0.3 is 4.52 Å². The first-order chi connectivity index (χ1) is 11.7. The second-order valence-electron chi connectivity index (χ2n) is 5.32. The molecule has 0 spiro atoms. The van der Waals surface area contributed by atoms with Gasteiger partial charge in [0.25, 0.3) is 5.78 Å². The fraction of sp³-hybridized carbons (Fsp3) is 0.188. The van der Waals surface area contributed by atoms with Crippen LogP contribution in [0.4, 0.5) is 0 Å². The summed E-state index contributed by atoms with van der Waals surface area (Å²) in [5.41, 5.74) is 2.90. The molecule has 0 fully saturated rings. The Bertz CT molecular complexity index is 994. The molecule has 4 aromatic rings. The van der Waals surface area contributed by atoms with E-state index in [-0.39, 0.29) is 0 Å². The largest absolute Gasteiger partial charge is 0.338 e. The Labute approximate surface area is 142 Å². The number of nitrogens with zero attached hydrogens (tertiary/aromatic N) is 6. The molecule has 0 amide bonds. The number of hydrogen-bond acceptors (Lipinski definition) is 7. The van der Waals surface area contributed by atoms with E-state index in [1.807, 2.05) is 54.6 Å². The van der Waals surface area contributed by atoms with Crippen molar-refractivity contribution in [2.75, 3.05) is 0 Å². The highest BCUT2D eigenvalue weighted by Crippen LogP contribution is 2.23. The number of aromatic nitrogens is 6. The third kappa shape index (κ3) is 2.76. The molecule has 8 heteroatoms. The third-order valence-electron chi connectivity index (χ3n) is 3.49. The van der Waals surface area contributed by atoms with Crippen LogP contribution in [0.2, 0.25) is 0 Å². The lowest BCUT2D eigenvalue weighted by Gasteiger charge is -2.02. The molecule has 0 radical (unpaired) electrons. The molecular formula is C16H14N6OS. The van der Waals surface area contributed by atoms with Crippen molar-refractivity contribution in [2.24, 2.45) is 0 Å². The van der Waals surface area contributed by atoms with E-state index in [1.54, 1.807) is 0 Å². The van der Waals surface area contributed by atoms with Gasteiger partial charge in [-0.25, -0.2) is 4.98 Å². The normalized spacial score (nSPS) is 11.2. The zero-order valence-corrected chi connectivity index (χ0v) is 14.0. The molecule has 3 heterocycles. The Morgan fingerprint density at radius 3 is 2.75 bits per heavy atom. The summed E-state index contributed by atoms with van der Waals surface area (Å²) in [6.45, 7) is 3.95. The van der Waals surface area contributed by atoms with E-state index in [2.05, 4.69) is 25.3 Å². The van der Waals surface area contributed by atoms with Crippen LogP contribution < -0.4 is 0 Å². The van der Waals surface area contributed by atoms with E-state index in [0.717, 1.165) is 22.1 Å². The van der Waals surface area contributed by atoms with Crippen LogP contribution >= 0.6 is 11.8 Å². The third-order valence-corrected chi connectivity index (χ3v) is 4.40. The second kappa shape index (κ2) is 6.04. The molecule has 1 aromatic carbocycles. The molecule has 120 valence electrons. The second-order valence-corrected chi connectivity index (χ2v) is 6.27. The first-order valence-electron chi connectivity index (χ1n) is 7.41. The number of fused-ring (bicyclic) bond motifs is 1. The van der Waals surface area contributed by atoms with Crippen molar-refractivity contribution in [3.63, 3.8) is 0 Å². The van der Waals surface area contributed by atoms with Crippen molar-refractivity contribution in [2.45, 2.75) is 24.8 Å². The van der Waals surface area contributed by atoms with Crippen LogP contribution in [0, 0.1) is 13.8 Å². The summed E-state index contributed by atoms with van der Waals surface area (Å²) in [4.78, 5) is 8.81. The summed E-state index contributed by atoms with van der Waals surface area (Å²) in [6, 6.07) is 11.7. The summed E-state index contributed by atoms with van der Waals surface area (Å²) in [6.07, 6.45) is 0. The monoisotopic (exact) mass is 338 g/mol. The molecular weight excluding hydrogens is 324 g/mol. The van der Waals surface area contributed by atoms with Crippen molar-refractivity contribution in [3.8, 4) is 11.4 Å². The zero-order valence-electron chi connectivity index (χ0n) is 13.2. The molecule has 0 N–H and O–H groups in total.